The quantitative estimate of drug-likeness (QED) is 0.365. The number of pyridine rings is 1. The first kappa shape index (κ1) is 14.4. The highest BCUT2D eigenvalue weighted by molar-refractivity contribution is 5.93. The van der Waals surface area contributed by atoms with Crippen LogP contribution in [0.25, 0.3) is 0 Å². The lowest BCUT2D eigenvalue weighted by Gasteiger charge is -2.07. The summed E-state index contributed by atoms with van der Waals surface area (Å²) in [5.74, 6) is 4.63. The largest absolute Gasteiger partial charge is 0.344 e. The zero-order valence-electron chi connectivity index (χ0n) is 10.9. The average molecular weight is 288 g/mol. The van der Waals surface area contributed by atoms with E-state index in [1.165, 1.54) is 17.0 Å². The van der Waals surface area contributed by atoms with Crippen molar-refractivity contribution in [3.8, 4) is 0 Å². The van der Waals surface area contributed by atoms with Crippen molar-refractivity contribution < 1.29 is 9.72 Å². The number of benzene rings is 1. The van der Waals surface area contributed by atoms with Gasteiger partial charge in [0.05, 0.1) is 11.1 Å². The van der Waals surface area contributed by atoms with E-state index in [0.717, 1.165) is 11.6 Å². The highest BCUT2D eigenvalue weighted by Gasteiger charge is 2.11. The molecule has 0 saturated carbocycles. The van der Waals surface area contributed by atoms with Crippen molar-refractivity contribution in [1.82, 2.24) is 9.99 Å². The van der Waals surface area contributed by atoms with Crippen LogP contribution < -0.4 is 16.7 Å². The molecule has 0 spiro atoms. The molecule has 2 aromatic rings. The Hall–Kier alpha value is -3.00. The number of hydrogen-bond donors (Lipinski definition) is 2. The molecule has 0 atom stereocenters. The number of rotatable bonds is 4. The molecular formula is C13H12N4O4. The molecule has 0 saturated heterocycles. The number of hydrogen-bond acceptors (Lipinski definition) is 5. The minimum Gasteiger partial charge on any atom is -0.344 e. The van der Waals surface area contributed by atoms with Crippen molar-refractivity contribution in [2.75, 3.05) is 0 Å². The van der Waals surface area contributed by atoms with E-state index in [9.17, 15) is 19.7 Å². The van der Waals surface area contributed by atoms with Crippen LogP contribution in [-0.2, 0) is 6.54 Å². The van der Waals surface area contributed by atoms with E-state index in [1.54, 1.807) is 24.3 Å². The van der Waals surface area contributed by atoms with Gasteiger partial charge >= 0.3 is 5.69 Å². The van der Waals surface area contributed by atoms with E-state index in [2.05, 4.69) is 0 Å². The van der Waals surface area contributed by atoms with Gasteiger partial charge in [-0.1, -0.05) is 12.1 Å². The second-order valence-corrected chi connectivity index (χ2v) is 4.29. The Morgan fingerprint density at radius 3 is 2.52 bits per heavy atom. The van der Waals surface area contributed by atoms with Gasteiger partial charge in [0, 0.05) is 24.4 Å². The maximum Gasteiger partial charge on any atom is 0.332 e. The molecule has 1 heterocycles. The molecule has 8 nitrogen and oxygen atoms in total. The predicted octanol–water partition coefficient (Wildman–Crippen LogP) is 0.408. The molecule has 0 unspecified atom stereocenters. The third-order valence-corrected chi connectivity index (χ3v) is 2.87. The smallest absolute Gasteiger partial charge is 0.332 e. The first-order valence-corrected chi connectivity index (χ1v) is 5.95. The Bertz CT molecular complexity index is 737. The number of hydrazine groups is 1. The van der Waals surface area contributed by atoms with Crippen LogP contribution in [0.2, 0.25) is 0 Å². The minimum atomic E-state index is -0.715. The lowest BCUT2D eigenvalue weighted by atomic mass is 10.1. The molecule has 0 aliphatic rings. The summed E-state index contributed by atoms with van der Waals surface area (Å²) in [6, 6.07) is 7.74. The average Bonchev–Trinajstić information content (AvgIpc) is 2.49. The summed E-state index contributed by atoms with van der Waals surface area (Å²) in [6.07, 6.45) is 2.65. The van der Waals surface area contributed by atoms with E-state index in [1.807, 2.05) is 5.43 Å². The number of carbonyl (C=O) groups is 1. The Morgan fingerprint density at radius 1 is 1.29 bits per heavy atom. The van der Waals surface area contributed by atoms with Gasteiger partial charge in [0.2, 0.25) is 0 Å². The van der Waals surface area contributed by atoms with Gasteiger partial charge in [-0.05, 0) is 17.7 Å². The number of nitrogens with one attached hydrogen (secondary N) is 1. The molecule has 3 N–H and O–H groups in total. The van der Waals surface area contributed by atoms with Crippen LogP contribution in [0.15, 0.2) is 47.5 Å². The molecule has 0 radical (unpaired) electrons. The van der Waals surface area contributed by atoms with Crippen molar-refractivity contribution in [3.63, 3.8) is 0 Å². The van der Waals surface area contributed by atoms with Crippen molar-refractivity contribution in [2.24, 2.45) is 5.84 Å². The highest BCUT2D eigenvalue weighted by atomic mass is 16.6. The van der Waals surface area contributed by atoms with Crippen LogP contribution in [-0.4, -0.2) is 15.4 Å². The number of nitrogens with zero attached hydrogens (tertiary/aromatic N) is 2. The SMILES string of the molecule is NNC(=O)c1ccc(Cn2ccc(=O)c([N+](=O)[O-])c2)cc1. The number of aromatic nitrogens is 1. The first-order valence-electron chi connectivity index (χ1n) is 5.95. The van der Waals surface area contributed by atoms with Crippen LogP contribution >= 0.6 is 0 Å². The number of nitro groups is 1. The van der Waals surface area contributed by atoms with Gasteiger partial charge in [-0.15, -0.1) is 0 Å². The van der Waals surface area contributed by atoms with E-state index in [0.29, 0.717) is 12.1 Å². The molecule has 2 rings (SSSR count). The Balaban J connectivity index is 2.22. The molecule has 0 aliphatic carbocycles. The normalized spacial score (nSPS) is 10.1. The molecule has 0 aliphatic heterocycles. The fourth-order valence-corrected chi connectivity index (χ4v) is 1.80. The van der Waals surface area contributed by atoms with Crippen LogP contribution in [0.3, 0.4) is 0 Å². The van der Waals surface area contributed by atoms with Crippen molar-refractivity contribution >= 4 is 11.6 Å². The first-order chi connectivity index (χ1) is 10.0. The maximum absolute atomic E-state index is 11.3. The monoisotopic (exact) mass is 288 g/mol. The van der Waals surface area contributed by atoms with Gasteiger partial charge in [-0.25, -0.2) is 5.84 Å². The maximum atomic E-state index is 11.3. The standard InChI is InChI=1S/C13H12N4O4/c14-15-13(19)10-3-1-9(2-4-10)7-16-6-5-12(18)11(8-16)17(20)21/h1-6,8H,7,14H2,(H,15,19). The number of amides is 1. The molecule has 0 fully saturated rings. The second-order valence-electron chi connectivity index (χ2n) is 4.29. The molecule has 1 amide bonds. The van der Waals surface area contributed by atoms with E-state index in [4.69, 9.17) is 5.84 Å². The molecule has 1 aromatic heterocycles. The summed E-state index contributed by atoms with van der Waals surface area (Å²) < 4.78 is 1.53. The molecule has 0 bridgehead atoms. The number of nitrogens with two attached hydrogens (primary N) is 1. The van der Waals surface area contributed by atoms with Gasteiger partial charge in [0.1, 0.15) is 0 Å². The highest BCUT2D eigenvalue weighted by Crippen LogP contribution is 2.08. The number of carbonyl (C=O) groups excluding carboxylic acids is 1. The summed E-state index contributed by atoms with van der Waals surface area (Å²) >= 11 is 0. The predicted molar refractivity (Wildman–Crippen MR) is 74.6 cm³/mol. The summed E-state index contributed by atoms with van der Waals surface area (Å²) in [5.41, 5.74) is 2.14. The summed E-state index contributed by atoms with van der Waals surface area (Å²) in [7, 11) is 0. The second kappa shape index (κ2) is 5.97. The lowest BCUT2D eigenvalue weighted by Crippen LogP contribution is -2.29. The third kappa shape index (κ3) is 3.31. The molecular weight excluding hydrogens is 276 g/mol. The van der Waals surface area contributed by atoms with E-state index < -0.39 is 21.9 Å². The van der Waals surface area contributed by atoms with Crippen LogP contribution in [0.4, 0.5) is 5.69 Å². The molecule has 108 valence electrons. The van der Waals surface area contributed by atoms with Gasteiger partial charge in [0.25, 0.3) is 11.3 Å². The molecule has 8 heteroatoms. The van der Waals surface area contributed by atoms with E-state index >= 15 is 0 Å². The molecule has 1 aromatic carbocycles. The summed E-state index contributed by atoms with van der Waals surface area (Å²) in [5, 5.41) is 10.7. The van der Waals surface area contributed by atoms with Crippen LogP contribution in [0, 0.1) is 10.1 Å². The minimum absolute atomic E-state index is 0.339. The molecule has 21 heavy (non-hydrogen) atoms. The van der Waals surface area contributed by atoms with Gasteiger partial charge in [-0.3, -0.25) is 25.1 Å². The van der Waals surface area contributed by atoms with Crippen LogP contribution in [0.1, 0.15) is 15.9 Å². The Labute approximate surface area is 118 Å². The fourth-order valence-electron chi connectivity index (χ4n) is 1.80. The summed E-state index contributed by atoms with van der Waals surface area (Å²) in [6.45, 7) is 0.339. The van der Waals surface area contributed by atoms with Gasteiger partial charge in [-0.2, -0.15) is 0 Å². The Morgan fingerprint density at radius 2 is 1.95 bits per heavy atom. The zero-order valence-corrected chi connectivity index (χ0v) is 10.9. The Kier molecular flexibility index (Phi) is 4.10. The van der Waals surface area contributed by atoms with Crippen molar-refractivity contribution in [3.05, 3.63) is 74.2 Å². The summed E-state index contributed by atoms with van der Waals surface area (Å²) in [4.78, 5) is 32.6. The van der Waals surface area contributed by atoms with Gasteiger partial charge < -0.3 is 4.57 Å². The lowest BCUT2D eigenvalue weighted by molar-refractivity contribution is -0.386. The van der Waals surface area contributed by atoms with Crippen molar-refractivity contribution in [1.29, 1.82) is 0 Å². The zero-order chi connectivity index (χ0) is 15.4. The van der Waals surface area contributed by atoms with E-state index in [-0.39, 0.29) is 0 Å². The fraction of sp³-hybridized carbons (Fsp3) is 0.0769. The number of nitrogen functional groups attached to an aromatic ring is 1. The van der Waals surface area contributed by atoms with Gasteiger partial charge in [0.15, 0.2) is 0 Å². The van der Waals surface area contributed by atoms with Crippen LogP contribution in [0.5, 0.6) is 0 Å². The third-order valence-electron chi connectivity index (χ3n) is 2.87. The topological polar surface area (TPSA) is 120 Å². The van der Waals surface area contributed by atoms with Crippen molar-refractivity contribution in [2.45, 2.75) is 6.54 Å².